The molecular formula is C32H36FN3O6. The first-order chi connectivity index (χ1) is 20.2. The van der Waals surface area contributed by atoms with E-state index in [0.29, 0.717) is 17.9 Å². The lowest BCUT2D eigenvalue weighted by molar-refractivity contribution is -0.146. The van der Waals surface area contributed by atoms with Crippen molar-refractivity contribution in [1.82, 2.24) is 15.5 Å². The van der Waals surface area contributed by atoms with E-state index in [9.17, 15) is 29.0 Å². The fourth-order valence-electron chi connectivity index (χ4n) is 5.06. The van der Waals surface area contributed by atoms with E-state index < -0.39 is 42.1 Å². The van der Waals surface area contributed by atoms with Crippen LogP contribution in [0.15, 0.2) is 72.8 Å². The molecule has 42 heavy (non-hydrogen) atoms. The minimum Gasteiger partial charge on any atom is -0.508 e. The van der Waals surface area contributed by atoms with Crippen molar-refractivity contribution in [3.05, 3.63) is 95.1 Å². The molecule has 0 bridgehead atoms. The summed E-state index contributed by atoms with van der Waals surface area (Å²) in [5.41, 5.74) is 2.05. The number of nitrogens with one attached hydrogen (secondary N) is 2. The Hall–Kier alpha value is -4.44. The van der Waals surface area contributed by atoms with Gasteiger partial charge >= 0.3 is 0 Å². The molecule has 0 unspecified atom stereocenters. The lowest BCUT2D eigenvalue weighted by atomic mass is 9.98. The molecule has 9 nitrogen and oxygen atoms in total. The van der Waals surface area contributed by atoms with Crippen LogP contribution >= 0.6 is 0 Å². The van der Waals surface area contributed by atoms with E-state index in [1.807, 2.05) is 19.1 Å². The van der Waals surface area contributed by atoms with Crippen LogP contribution in [0.2, 0.25) is 0 Å². The van der Waals surface area contributed by atoms with E-state index in [-0.39, 0.29) is 37.2 Å². The summed E-state index contributed by atoms with van der Waals surface area (Å²) in [7, 11) is 0. The van der Waals surface area contributed by atoms with Gasteiger partial charge in [0.05, 0.1) is 19.2 Å². The third kappa shape index (κ3) is 7.44. The Kier molecular flexibility index (Phi) is 10.1. The third-order valence-electron chi connectivity index (χ3n) is 7.31. The molecule has 1 aliphatic rings. The summed E-state index contributed by atoms with van der Waals surface area (Å²) in [5.74, 6) is -1.41. The van der Waals surface area contributed by atoms with Crippen LogP contribution in [0.5, 0.6) is 11.5 Å². The number of ether oxygens (including phenoxy) is 1. The van der Waals surface area contributed by atoms with Gasteiger partial charge in [0.25, 0.3) is 11.8 Å². The van der Waals surface area contributed by atoms with Crippen molar-refractivity contribution >= 4 is 17.7 Å². The van der Waals surface area contributed by atoms with Crippen molar-refractivity contribution in [2.45, 2.75) is 57.6 Å². The minimum absolute atomic E-state index is 0.0663. The molecule has 4 N–H and O–H groups in total. The van der Waals surface area contributed by atoms with Gasteiger partial charge in [-0.1, -0.05) is 48.5 Å². The molecule has 3 aromatic rings. The van der Waals surface area contributed by atoms with Crippen LogP contribution in [-0.4, -0.2) is 70.3 Å². The number of carbonyl (C=O) groups excluding carboxylic acids is 3. The molecule has 0 radical (unpaired) electrons. The van der Waals surface area contributed by atoms with Gasteiger partial charge in [0, 0.05) is 24.1 Å². The predicted molar refractivity (Wildman–Crippen MR) is 155 cm³/mol. The van der Waals surface area contributed by atoms with Crippen molar-refractivity contribution in [1.29, 1.82) is 0 Å². The summed E-state index contributed by atoms with van der Waals surface area (Å²) in [6.07, 6.45) is -3.33. The largest absolute Gasteiger partial charge is 0.508 e. The van der Waals surface area contributed by atoms with E-state index in [0.717, 1.165) is 16.0 Å². The van der Waals surface area contributed by atoms with Crippen molar-refractivity contribution in [3.8, 4) is 11.5 Å². The maximum atomic E-state index is 14.6. The van der Waals surface area contributed by atoms with Gasteiger partial charge in [0.15, 0.2) is 6.10 Å². The first-order valence-electron chi connectivity index (χ1n) is 13.9. The van der Waals surface area contributed by atoms with Crippen molar-refractivity contribution < 1.29 is 33.7 Å². The number of phenolic OH excluding ortho intramolecular Hbond substituents is 1. The number of hydrogen-bond donors (Lipinski definition) is 4. The van der Waals surface area contributed by atoms with Gasteiger partial charge in [-0.25, -0.2) is 4.39 Å². The molecule has 0 aromatic heterocycles. The van der Waals surface area contributed by atoms with Crippen LogP contribution < -0.4 is 15.4 Å². The van der Waals surface area contributed by atoms with Crippen LogP contribution in [0.3, 0.4) is 0 Å². The highest BCUT2D eigenvalue weighted by Crippen LogP contribution is 2.24. The molecule has 1 saturated heterocycles. The van der Waals surface area contributed by atoms with Gasteiger partial charge in [-0.15, -0.1) is 0 Å². The van der Waals surface area contributed by atoms with Crippen LogP contribution in [-0.2, 0) is 22.6 Å². The summed E-state index contributed by atoms with van der Waals surface area (Å²) in [6, 6.07) is 18.5. The Bertz CT molecular complexity index is 1400. The molecule has 1 aliphatic heterocycles. The van der Waals surface area contributed by atoms with E-state index >= 15 is 0 Å². The second kappa shape index (κ2) is 14.0. The van der Waals surface area contributed by atoms with E-state index in [1.165, 1.54) is 18.2 Å². The zero-order valence-corrected chi connectivity index (χ0v) is 23.6. The van der Waals surface area contributed by atoms with E-state index in [2.05, 4.69) is 10.6 Å². The normalized spacial score (nSPS) is 17.8. The van der Waals surface area contributed by atoms with Gasteiger partial charge in [0.1, 0.15) is 23.7 Å². The molecule has 10 heteroatoms. The first kappa shape index (κ1) is 30.5. The van der Waals surface area contributed by atoms with Crippen LogP contribution in [0, 0.1) is 6.92 Å². The Morgan fingerprint density at radius 3 is 2.50 bits per heavy atom. The Morgan fingerprint density at radius 2 is 1.76 bits per heavy atom. The summed E-state index contributed by atoms with van der Waals surface area (Å²) in [5, 5.41) is 26.8. The lowest BCUT2D eigenvalue weighted by Crippen LogP contribution is -2.55. The number of aromatic hydroxyl groups is 1. The van der Waals surface area contributed by atoms with Gasteiger partial charge in [-0.05, 0) is 55.7 Å². The number of nitrogens with zero attached hydrogens (tertiary/aromatic N) is 1. The zero-order chi connectivity index (χ0) is 30.2. The molecule has 3 amide bonds. The van der Waals surface area contributed by atoms with E-state index in [1.54, 1.807) is 49.4 Å². The van der Waals surface area contributed by atoms with Gasteiger partial charge in [0.2, 0.25) is 5.91 Å². The zero-order valence-electron chi connectivity index (χ0n) is 23.6. The highest BCUT2D eigenvalue weighted by Gasteiger charge is 2.43. The molecular weight excluding hydrogens is 541 g/mol. The number of halogens is 1. The quantitative estimate of drug-likeness (QED) is 0.277. The smallest absolute Gasteiger partial charge is 0.254 e. The predicted octanol–water partition coefficient (Wildman–Crippen LogP) is 3.06. The first-order valence-corrected chi connectivity index (χ1v) is 13.9. The van der Waals surface area contributed by atoms with Crippen LogP contribution in [0.4, 0.5) is 4.39 Å². The maximum Gasteiger partial charge on any atom is 0.254 e. The monoisotopic (exact) mass is 577 g/mol. The number of rotatable bonds is 11. The van der Waals surface area contributed by atoms with Crippen molar-refractivity contribution in [2.75, 3.05) is 13.2 Å². The van der Waals surface area contributed by atoms with Gasteiger partial charge in [-0.2, -0.15) is 0 Å². The Balaban J connectivity index is 1.50. The molecule has 4 rings (SSSR count). The van der Waals surface area contributed by atoms with E-state index in [4.69, 9.17) is 4.74 Å². The van der Waals surface area contributed by atoms with Crippen LogP contribution in [0.25, 0.3) is 0 Å². The molecule has 0 spiro atoms. The minimum atomic E-state index is -1.77. The highest BCUT2D eigenvalue weighted by atomic mass is 19.1. The average molecular weight is 578 g/mol. The molecule has 3 aromatic carbocycles. The molecule has 1 heterocycles. The summed E-state index contributed by atoms with van der Waals surface area (Å²) < 4.78 is 20.1. The molecule has 1 fully saturated rings. The fraction of sp³-hybridized carbons (Fsp3) is 0.344. The van der Waals surface area contributed by atoms with Gasteiger partial charge < -0.3 is 30.5 Å². The van der Waals surface area contributed by atoms with Crippen molar-refractivity contribution in [2.24, 2.45) is 0 Å². The fourth-order valence-corrected chi connectivity index (χ4v) is 5.06. The topological polar surface area (TPSA) is 128 Å². The number of alkyl halides is 1. The lowest BCUT2D eigenvalue weighted by Gasteiger charge is -2.30. The number of amides is 3. The highest BCUT2D eigenvalue weighted by molar-refractivity contribution is 5.97. The number of aliphatic hydroxyl groups is 1. The maximum absolute atomic E-state index is 14.6. The number of aliphatic hydroxyl groups excluding tert-OH is 1. The number of benzene rings is 3. The molecule has 0 saturated carbocycles. The number of carbonyl (C=O) groups is 3. The van der Waals surface area contributed by atoms with Crippen LogP contribution in [0.1, 0.15) is 40.4 Å². The van der Waals surface area contributed by atoms with Crippen molar-refractivity contribution in [3.63, 3.8) is 0 Å². The number of phenols is 1. The van der Waals surface area contributed by atoms with Gasteiger partial charge in [-0.3, -0.25) is 14.4 Å². The Morgan fingerprint density at radius 1 is 1.05 bits per heavy atom. The Labute approximate surface area is 244 Å². The summed E-state index contributed by atoms with van der Waals surface area (Å²) in [6.45, 7) is 3.73. The second-order valence-electron chi connectivity index (χ2n) is 10.3. The number of hydrogen-bond acceptors (Lipinski definition) is 6. The summed E-state index contributed by atoms with van der Waals surface area (Å²) >= 11 is 0. The summed E-state index contributed by atoms with van der Waals surface area (Å²) in [4.78, 5) is 40.9. The molecule has 0 aliphatic carbocycles. The number of likely N-dealkylation sites (tertiary alicyclic amines) is 1. The average Bonchev–Trinajstić information content (AvgIpc) is 3.38. The standard InChI is InChI=1S/C32H36FN3O6/c1-3-42-24-12-7-11-22(15-24)18-34-31(40)27-17-23(33)19-36(27)32(41)29(38)26(16-21-9-5-4-6-10-21)35-30(39)25-13-8-14-28(37)20(25)2/h4-15,23,26-27,29,37-38H,3,16-19H2,1-2H3,(H,34,40)(H,35,39)/t23-,26-,27-,29-/m0/s1. The second-order valence-corrected chi connectivity index (χ2v) is 10.3. The molecule has 222 valence electrons. The third-order valence-corrected chi connectivity index (χ3v) is 7.31. The SMILES string of the molecule is CCOc1cccc(CNC(=O)[C@@H]2C[C@H](F)CN2C(=O)[C@@H](O)[C@H](Cc2ccccc2)NC(=O)c2cccc(O)c2C)c1. The molecule has 4 atom stereocenters.